The minimum atomic E-state index is -0.607. The number of carbonyl (C=O) groups excluding carboxylic acids is 1. The number of carbonyl (C=O) groups is 1. The summed E-state index contributed by atoms with van der Waals surface area (Å²) in [5.41, 5.74) is 1.14. The molecule has 0 radical (unpaired) electrons. The van der Waals surface area contributed by atoms with Gasteiger partial charge in [-0.3, -0.25) is 9.89 Å². The van der Waals surface area contributed by atoms with Gasteiger partial charge in [-0.1, -0.05) is 0 Å². The van der Waals surface area contributed by atoms with Gasteiger partial charge in [-0.25, -0.2) is 18.3 Å². The van der Waals surface area contributed by atoms with Crippen LogP contribution in [0.15, 0.2) is 36.7 Å². The van der Waals surface area contributed by atoms with E-state index in [4.69, 9.17) is 0 Å². The maximum atomic E-state index is 14.6. The first-order valence-electron chi connectivity index (χ1n) is 9.33. The van der Waals surface area contributed by atoms with E-state index in [0.717, 1.165) is 25.1 Å². The molecule has 1 aliphatic carbocycles. The van der Waals surface area contributed by atoms with Crippen LogP contribution < -0.4 is 5.32 Å². The van der Waals surface area contributed by atoms with Crippen LogP contribution in [0.1, 0.15) is 40.5 Å². The Morgan fingerprint density at radius 3 is 2.90 bits per heavy atom. The van der Waals surface area contributed by atoms with E-state index in [-0.39, 0.29) is 28.2 Å². The second kappa shape index (κ2) is 6.99. The van der Waals surface area contributed by atoms with Gasteiger partial charge < -0.3 is 10.4 Å². The van der Waals surface area contributed by atoms with E-state index in [0.29, 0.717) is 17.3 Å². The number of pyridine rings is 1. The van der Waals surface area contributed by atoms with Crippen LogP contribution in [0.4, 0.5) is 14.5 Å². The van der Waals surface area contributed by atoms with Crippen molar-refractivity contribution in [2.75, 3.05) is 5.32 Å². The van der Waals surface area contributed by atoms with E-state index >= 15 is 0 Å². The number of benzene rings is 1. The lowest BCUT2D eigenvalue weighted by molar-refractivity contribution is 0.102. The Hall–Kier alpha value is -3.66. The van der Waals surface area contributed by atoms with Crippen LogP contribution in [0, 0.1) is 11.6 Å². The second-order valence-electron chi connectivity index (χ2n) is 7.16. The van der Waals surface area contributed by atoms with E-state index in [9.17, 15) is 18.7 Å². The molecule has 1 fully saturated rings. The van der Waals surface area contributed by atoms with Crippen LogP contribution in [0.2, 0.25) is 0 Å². The molecule has 30 heavy (non-hydrogen) atoms. The Kier molecular flexibility index (Phi) is 4.28. The molecule has 3 heterocycles. The maximum absolute atomic E-state index is 14.6. The summed E-state index contributed by atoms with van der Waals surface area (Å²) < 4.78 is 29.2. The molecule has 0 aliphatic heterocycles. The zero-order valence-electron chi connectivity index (χ0n) is 15.6. The molecular weight excluding hydrogens is 394 g/mol. The fourth-order valence-corrected chi connectivity index (χ4v) is 3.29. The first-order valence-corrected chi connectivity index (χ1v) is 9.33. The predicted molar refractivity (Wildman–Crippen MR) is 103 cm³/mol. The van der Waals surface area contributed by atoms with Crippen LogP contribution in [0.25, 0.3) is 16.9 Å². The first-order chi connectivity index (χ1) is 14.5. The number of hydrogen-bond acceptors (Lipinski definition) is 5. The number of aromatic amines is 1. The molecule has 152 valence electrons. The normalized spacial score (nSPS) is 13.7. The Morgan fingerprint density at radius 1 is 1.30 bits per heavy atom. The van der Waals surface area contributed by atoms with Gasteiger partial charge in [0, 0.05) is 17.2 Å². The summed E-state index contributed by atoms with van der Waals surface area (Å²) in [6.45, 7) is -0.478. The number of aliphatic hydroxyl groups is 1. The Labute approximate surface area is 168 Å². The van der Waals surface area contributed by atoms with E-state index in [1.165, 1.54) is 28.9 Å². The molecule has 10 heteroatoms. The van der Waals surface area contributed by atoms with E-state index in [1.54, 1.807) is 0 Å². The van der Waals surface area contributed by atoms with Crippen LogP contribution in [0.5, 0.6) is 0 Å². The van der Waals surface area contributed by atoms with Gasteiger partial charge in [-0.05, 0) is 37.1 Å². The minimum Gasteiger partial charge on any atom is -0.392 e. The lowest BCUT2D eigenvalue weighted by Crippen LogP contribution is -2.14. The average molecular weight is 410 g/mol. The fraction of sp³-hybridized carbons (Fsp3) is 0.200. The highest BCUT2D eigenvalue weighted by Gasteiger charge is 2.28. The number of halogens is 2. The van der Waals surface area contributed by atoms with Crippen molar-refractivity contribution in [3.05, 3.63) is 65.2 Å². The van der Waals surface area contributed by atoms with Gasteiger partial charge >= 0.3 is 0 Å². The average Bonchev–Trinajstić information content (AvgIpc) is 3.31. The number of fused-ring (bicyclic) bond motifs is 1. The Bertz CT molecular complexity index is 1280. The van der Waals surface area contributed by atoms with Crippen LogP contribution in [-0.2, 0) is 6.61 Å². The van der Waals surface area contributed by atoms with E-state index < -0.39 is 24.1 Å². The summed E-state index contributed by atoms with van der Waals surface area (Å²) in [4.78, 5) is 17.2. The zero-order chi connectivity index (χ0) is 20.8. The zero-order valence-corrected chi connectivity index (χ0v) is 15.6. The molecule has 5 rings (SSSR count). The fourth-order valence-electron chi connectivity index (χ4n) is 3.29. The highest BCUT2D eigenvalue weighted by atomic mass is 19.1. The molecule has 0 bridgehead atoms. The topological polar surface area (TPSA) is 108 Å². The highest BCUT2D eigenvalue weighted by Crippen LogP contribution is 2.38. The lowest BCUT2D eigenvalue weighted by atomic mass is 10.1. The lowest BCUT2D eigenvalue weighted by Gasteiger charge is -2.11. The van der Waals surface area contributed by atoms with E-state index in [1.807, 2.05) is 0 Å². The van der Waals surface area contributed by atoms with Crippen molar-refractivity contribution in [1.29, 1.82) is 0 Å². The van der Waals surface area contributed by atoms with E-state index in [2.05, 4.69) is 25.6 Å². The van der Waals surface area contributed by atoms with Gasteiger partial charge in [0.1, 0.15) is 17.5 Å². The molecule has 1 saturated carbocycles. The molecule has 1 amide bonds. The van der Waals surface area contributed by atoms with Crippen molar-refractivity contribution in [3.63, 3.8) is 0 Å². The van der Waals surface area contributed by atoms with Crippen molar-refractivity contribution in [2.24, 2.45) is 0 Å². The molecule has 3 aromatic heterocycles. The van der Waals surface area contributed by atoms with Gasteiger partial charge in [-0.2, -0.15) is 10.2 Å². The van der Waals surface area contributed by atoms with Gasteiger partial charge in [0.25, 0.3) is 5.91 Å². The number of aliphatic hydroxyl groups excluding tert-OH is 1. The summed E-state index contributed by atoms with van der Waals surface area (Å²) >= 11 is 0. The Morgan fingerprint density at radius 2 is 2.13 bits per heavy atom. The van der Waals surface area contributed by atoms with Gasteiger partial charge in [0.2, 0.25) is 0 Å². The molecule has 4 aromatic rings. The standard InChI is InChI=1S/C20H16F2N6O2/c21-12-3-4-17-14(7-23-28(17)8-12)20(30)24-16-6-13(15(22)5-11(16)9-29)19-25-18(26-27-19)10-1-2-10/h3-8,10,29H,1-2,9H2,(H,24,30)(H,25,26,27). The number of nitrogens with zero attached hydrogens (tertiary/aromatic N) is 4. The SMILES string of the molecule is O=C(Nc1cc(-c2n[nH]c(C3CC3)n2)c(F)cc1CO)c1cnn2cc(F)ccc12. The van der Waals surface area contributed by atoms with Gasteiger partial charge in [-0.15, -0.1) is 0 Å². The van der Waals surface area contributed by atoms with Crippen molar-refractivity contribution in [2.45, 2.75) is 25.4 Å². The summed E-state index contributed by atoms with van der Waals surface area (Å²) in [5.74, 6) is -0.408. The van der Waals surface area contributed by atoms with Crippen molar-refractivity contribution >= 4 is 17.1 Å². The molecule has 0 saturated heterocycles. The maximum Gasteiger partial charge on any atom is 0.259 e. The molecule has 0 atom stereocenters. The van der Waals surface area contributed by atoms with Gasteiger partial charge in [0.05, 0.1) is 35.6 Å². The van der Waals surface area contributed by atoms with Crippen LogP contribution in [0.3, 0.4) is 0 Å². The third-order valence-electron chi connectivity index (χ3n) is 5.04. The number of anilines is 1. The summed E-state index contributed by atoms with van der Waals surface area (Å²) in [6.07, 6.45) is 4.50. The first kappa shape index (κ1) is 18.4. The number of aromatic nitrogens is 5. The highest BCUT2D eigenvalue weighted by molar-refractivity contribution is 6.09. The molecular formula is C20H16F2N6O2. The summed E-state index contributed by atoms with van der Waals surface area (Å²) in [5, 5.41) is 23.2. The monoisotopic (exact) mass is 410 g/mol. The largest absolute Gasteiger partial charge is 0.392 e. The van der Waals surface area contributed by atoms with Crippen molar-refractivity contribution < 1.29 is 18.7 Å². The number of hydrogen-bond donors (Lipinski definition) is 3. The number of nitrogens with one attached hydrogen (secondary N) is 2. The second-order valence-corrected chi connectivity index (χ2v) is 7.16. The van der Waals surface area contributed by atoms with Crippen molar-refractivity contribution in [3.8, 4) is 11.4 Å². The number of amides is 1. The number of rotatable bonds is 5. The predicted octanol–water partition coefficient (Wildman–Crippen LogP) is 3.02. The summed E-state index contributed by atoms with van der Waals surface area (Å²) in [6, 6.07) is 5.20. The van der Waals surface area contributed by atoms with Crippen LogP contribution in [-0.4, -0.2) is 35.8 Å². The summed E-state index contributed by atoms with van der Waals surface area (Å²) in [7, 11) is 0. The molecule has 1 aliphatic rings. The van der Waals surface area contributed by atoms with Gasteiger partial charge in [0.15, 0.2) is 5.82 Å². The molecule has 0 spiro atoms. The quantitative estimate of drug-likeness (QED) is 0.469. The smallest absolute Gasteiger partial charge is 0.259 e. The molecule has 8 nitrogen and oxygen atoms in total. The van der Waals surface area contributed by atoms with Crippen LogP contribution >= 0.6 is 0 Å². The third kappa shape index (κ3) is 3.20. The third-order valence-corrected chi connectivity index (χ3v) is 5.04. The molecule has 1 aromatic carbocycles. The molecule has 0 unspecified atom stereocenters. The van der Waals surface area contributed by atoms with Crippen molar-refractivity contribution in [1.82, 2.24) is 24.8 Å². The Balaban J connectivity index is 1.49. The minimum absolute atomic E-state index is 0.104. The number of H-pyrrole nitrogens is 1. The molecule has 3 N–H and O–H groups in total.